The Balaban J connectivity index is 1.68. The molecule has 0 saturated heterocycles. The lowest BCUT2D eigenvalue weighted by atomic mass is 10.1. The molecule has 2 aromatic rings. The average Bonchev–Trinajstić information content (AvgIpc) is 2.67. The van der Waals surface area contributed by atoms with E-state index in [1.807, 2.05) is 11.0 Å². The topological polar surface area (TPSA) is 61.9 Å². The van der Waals surface area contributed by atoms with Gasteiger partial charge < -0.3 is 10.1 Å². The smallest absolute Gasteiger partial charge is 0.387 e. The number of nitrogens with one attached hydrogen (secondary N) is 1. The quantitative estimate of drug-likeness (QED) is 0.825. The number of carbonyl (C=O) groups excluding carboxylic acids is 2. The summed E-state index contributed by atoms with van der Waals surface area (Å²) < 4.78 is 28.8. The Hall–Kier alpha value is -3.00. The predicted octanol–water partition coefficient (Wildman–Crippen LogP) is 3.09. The number of alkyl halides is 2. The van der Waals surface area contributed by atoms with Gasteiger partial charge in [0.25, 0.3) is 0 Å². The minimum Gasteiger partial charge on any atom is -0.435 e. The molecule has 0 unspecified atom stereocenters. The summed E-state index contributed by atoms with van der Waals surface area (Å²) in [5.74, 6) is -0.347. The van der Waals surface area contributed by atoms with Crippen LogP contribution in [0.4, 0.5) is 20.2 Å². The molecule has 0 saturated carbocycles. The minimum atomic E-state index is -2.87. The summed E-state index contributed by atoms with van der Waals surface area (Å²) in [6, 6.07) is 12.9. The van der Waals surface area contributed by atoms with Crippen LogP contribution in [0.25, 0.3) is 0 Å². The van der Waals surface area contributed by atoms with Crippen LogP contribution < -0.4 is 15.0 Å². The van der Waals surface area contributed by atoms with E-state index in [2.05, 4.69) is 10.1 Å². The summed E-state index contributed by atoms with van der Waals surface area (Å²) in [5.41, 5.74) is 2.12. The summed E-state index contributed by atoms with van der Waals surface area (Å²) in [6.45, 7) is -0.695. The molecule has 2 aromatic carbocycles. The lowest BCUT2D eigenvalue weighted by Gasteiger charge is -2.33. The number of fused-ring (bicyclic) bond motifs is 1. The van der Waals surface area contributed by atoms with Crippen molar-refractivity contribution in [1.29, 1.82) is 0 Å². The number of hydrogen-bond acceptors (Lipinski definition) is 4. The lowest BCUT2D eigenvalue weighted by Crippen LogP contribution is -2.50. The first-order valence-corrected chi connectivity index (χ1v) is 8.79. The Bertz CT molecular complexity index is 858. The normalized spacial score (nSPS) is 14.6. The molecule has 6 nitrogen and oxygen atoms in total. The molecular weight excluding hydrogens is 368 g/mol. The van der Waals surface area contributed by atoms with Crippen LogP contribution >= 0.6 is 0 Å². The minimum absolute atomic E-state index is 0.0340. The summed E-state index contributed by atoms with van der Waals surface area (Å²) >= 11 is 0. The van der Waals surface area contributed by atoms with Gasteiger partial charge in [0.05, 0.1) is 17.4 Å². The molecule has 1 N–H and O–H groups in total. The van der Waals surface area contributed by atoms with E-state index in [4.69, 9.17) is 0 Å². The Morgan fingerprint density at radius 1 is 1.21 bits per heavy atom. The van der Waals surface area contributed by atoms with Crippen molar-refractivity contribution in [3.05, 3.63) is 54.1 Å². The third-order valence-electron chi connectivity index (χ3n) is 4.64. The molecule has 0 fully saturated rings. The first-order valence-electron chi connectivity index (χ1n) is 8.79. The first kappa shape index (κ1) is 19.8. The fraction of sp³-hybridized carbons (Fsp3) is 0.300. The van der Waals surface area contributed by atoms with Gasteiger partial charge in [0.1, 0.15) is 12.3 Å². The zero-order chi connectivity index (χ0) is 20.3. The summed E-state index contributed by atoms with van der Waals surface area (Å²) in [5, 5.41) is 2.76. The van der Waals surface area contributed by atoms with Crippen molar-refractivity contribution in [1.82, 2.24) is 4.90 Å². The van der Waals surface area contributed by atoms with Crippen LogP contribution in [-0.4, -0.2) is 43.0 Å². The van der Waals surface area contributed by atoms with Gasteiger partial charge in [-0.2, -0.15) is 8.78 Å². The van der Waals surface area contributed by atoms with Gasteiger partial charge in [0.15, 0.2) is 0 Å². The molecule has 1 aliphatic rings. The highest BCUT2D eigenvalue weighted by Crippen LogP contribution is 2.29. The Labute approximate surface area is 161 Å². The summed E-state index contributed by atoms with van der Waals surface area (Å²) in [6.07, 6.45) is 0. The van der Waals surface area contributed by atoms with Gasteiger partial charge >= 0.3 is 6.61 Å². The molecule has 1 heterocycles. The Morgan fingerprint density at radius 3 is 2.57 bits per heavy atom. The largest absolute Gasteiger partial charge is 0.435 e. The van der Waals surface area contributed by atoms with E-state index >= 15 is 0 Å². The molecule has 0 aliphatic carbocycles. The second kappa shape index (κ2) is 8.35. The molecule has 2 amide bonds. The van der Waals surface area contributed by atoms with Crippen LogP contribution in [0.5, 0.6) is 5.75 Å². The van der Waals surface area contributed by atoms with Gasteiger partial charge in [-0.3, -0.25) is 19.4 Å². The fourth-order valence-corrected chi connectivity index (χ4v) is 3.05. The third-order valence-corrected chi connectivity index (χ3v) is 4.64. The number of carbonyl (C=O) groups is 2. The lowest BCUT2D eigenvalue weighted by molar-refractivity contribution is -0.125. The number of amides is 2. The Kier molecular flexibility index (Phi) is 5.89. The van der Waals surface area contributed by atoms with Crippen molar-refractivity contribution >= 4 is 23.2 Å². The Morgan fingerprint density at radius 2 is 1.89 bits per heavy atom. The van der Waals surface area contributed by atoms with Crippen LogP contribution in [0.2, 0.25) is 0 Å². The van der Waals surface area contributed by atoms with E-state index in [0.29, 0.717) is 17.9 Å². The van der Waals surface area contributed by atoms with E-state index < -0.39 is 12.7 Å². The van der Waals surface area contributed by atoms with Gasteiger partial charge in [0.2, 0.25) is 11.8 Å². The molecule has 1 atom stereocenters. The molecule has 148 valence electrons. The number of ether oxygens (including phenoxy) is 1. The third kappa shape index (κ3) is 4.45. The van der Waals surface area contributed by atoms with E-state index in [-0.39, 0.29) is 24.1 Å². The second-order valence-electron chi connectivity index (χ2n) is 6.60. The zero-order valence-electron chi connectivity index (χ0n) is 15.6. The fourth-order valence-electron chi connectivity index (χ4n) is 3.05. The van der Waals surface area contributed by atoms with Gasteiger partial charge in [-0.05, 0) is 43.8 Å². The number of hydrogen-bond donors (Lipinski definition) is 1. The van der Waals surface area contributed by atoms with Crippen molar-refractivity contribution in [2.24, 2.45) is 0 Å². The van der Waals surface area contributed by atoms with E-state index in [0.717, 1.165) is 5.56 Å². The number of benzene rings is 2. The monoisotopic (exact) mass is 389 g/mol. The number of rotatable bonds is 6. The van der Waals surface area contributed by atoms with Crippen LogP contribution in [0.15, 0.2) is 48.5 Å². The van der Waals surface area contributed by atoms with E-state index in [1.54, 1.807) is 44.3 Å². The highest BCUT2D eigenvalue weighted by atomic mass is 19.3. The van der Waals surface area contributed by atoms with E-state index in [1.165, 1.54) is 17.0 Å². The van der Waals surface area contributed by atoms with E-state index in [9.17, 15) is 18.4 Å². The molecule has 8 heteroatoms. The van der Waals surface area contributed by atoms with Crippen molar-refractivity contribution in [2.75, 3.05) is 23.8 Å². The standard InChI is InChI=1S/C20H21F2N3O3/c1-13(24(2)11-14-7-9-15(10-8-14)28-20(21)22)19(27)25-12-18(26)23-16-5-3-4-6-17(16)25/h3-10,13,20H,11-12H2,1-2H3,(H,23,26)/t13-/m1/s1. The molecule has 28 heavy (non-hydrogen) atoms. The number of nitrogens with zero attached hydrogens (tertiary/aromatic N) is 2. The molecular formula is C20H21F2N3O3. The van der Waals surface area contributed by atoms with Gasteiger partial charge in [0, 0.05) is 6.54 Å². The van der Waals surface area contributed by atoms with Crippen LogP contribution in [0.3, 0.4) is 0 Å². The van der Waals surface area contributed by atoms with Crippen molar-refractivity contribution < 1.29 is 23.1 Å². The van der Waals surface area contributed by atoms with Crippen molar-refractivity contribution in [3.63, 3.8) is 0 Å². The number of likely N-dealkylation sites (N-methyl/N-ethyl adjacent to an activating group) is 1. The molecule has 0 radical (unpaired) electrons. The maximum atomic E-state index is 13.0. The molecule has 3 rings (SSSR count). The highest BCUT2D eigenvalue weighted by molar-refractivity contribution is 6.11. The second-order valence-corrected chi connectivity index (χ2v) is 6.60. The van der Waals surface area contributed by atoms with Gasteiger partial charge in [-0.15, -0.1) is 0 Å². The van der Waals surface area contributed by atoms with Crippen molar-refractivity contribution in [3.8, 4) is 5.75 Å². The van der Waals surface area contributed by atoms with Crippen LogP contribution in [0, 0.1) is 0 Å². The summed E-state index contributed by atoms with van der Waals surface area (Å²) in [4.78, 5) is 28.3. The maximum absolute atomic E-state index is 13.0. The number of para-hydroxylation sites is 2. The predicted molar refractivity (Wildman–Crippen MR) is 101 cm³/mol. The molecule has 0 aromatic heterocycles. The number of halogens is 2. The van der Waals surface area contributed by atoms with Gasteiger partial charge in [-0.25, -0.2) is 0 Å². The molecule has 0 bridgehead atoms. The van der Waals surface area contributed by atoms with Crippen LogP contribution in [0.1, 0.15) is 12.5 Å². The summed E-state index contributed by atoms with van der Waals surface area (Å²) in [7, 11) is 1.79. The molecule has 0 spiro atoms. The SMILES string of the molecule is C[C@H](C(=O)N1CC(=O)Nc2ccccc21)N(C)Cc1ccc(OC(F)F)cc1. The number of anilines is 2. The maximum Gasteiger partial charge on any atom is 0.387 e. The van der Waals surface area contributed by atoms with Crippen molar-refractivity contribution in [2.45, 2.75) is 26.1 Å². The molecule has 1 aliphatic heterocycles. The van der Waals surface area contributed by atoms with Crippen LogP contribution in [-0.2, 0) is 16.1 Å². The van der Waals surface area contributed by atoms with Gasteiger partial charge in [-0.1, -0.05) is 24.3 Å². The highest BCUT2D eigenvalue weighted by Gasteiger charge is 2.31. The zero-order valence-corrected chi connectivity index (χ0v) is 15.6. The average molecular weight is 389 g/mol. The first-order chi connectivity index (χ1) is 13.3.